The van der Waals surface area contributed by atoms with Crippen LogP contribution in [0, 0.1) is 13.8 Å². The number of nitrogens with one attached hydrogen (secondary N) is 1. The van der Waals surface area contributed by atoms with Gasteiger partial charge in [-0.1, -0.05) is 0 Å². The number of aromatic nitrogens is 2. The van der Waals surface area contributed by atoms with Crippen molar-refractivity contribution in [2.24, 2.45) is 7.05 Å². The first-order valence-electron chi connectivity index (χ1n) is 6.91. The molecule has 0 aliphatic carbocycles. The fourth-order valence-corrected chi connectivity index (χ4v) is 2.27. The van der Waals surface area contributed by atoms with Gasteiger partial charge < -0.3 is 15.3 Å². The average molecular weight is 282 g/mol. The molecule has 0 aliphatic rings. The number of urea groups is 1. The number of likely N-dealkylation sites (N-methyl/N-ethyl adjacent to an activating group) is 1. The van der Waals surface area contributed by atoms with E-state index in [0.717, 1.165) is 17.8 Å². The number of aliphatic hydroxyl groups excluding tert-OH is 1. The first kappa shape index (κ1) is 16.5. The Kier molecular flexibility index (Phi) is 5.56. The monoisotopic (exact) mass is 282 g/mol. The van der Waals surface area contributed by atoms with Crippen LogP contribution in [-0.2, 0) is 13.5 Å². The Balaban J connectivity index is 2.59. The van der Waals surface area contributed by atoms with Gasteiger partial charge in [-0.25, -0.2) is 4.79 Å². The molecule has 0 saturated heterocycles. The van der Waals surface area contributed by atoms with Crippen molar-refractivity contribution in [3.63, 3.8) is 0 Å². The minimum Gasteiger partial charge on any atom is -0.392 e. The molecule has 2 amide bonds. The number of hydrogen-bond donors (Lipinski definition) is 2. The molecule has 1 aromatic heterocycles. The van der Waals surface area contributed by atoms with E-state index in [2.05, 4.69) is 10.4 Å². The Morgan fingerprint density at radius 1 is 1.45 bits per heavy atom. The van der Waals surface area contributed by atoms with Crippen LogP contribution in [0.25, 0.3) is 0 Å². The number of carbonyl (C=O) groups is 1. The predicted octanol–water partition coefficient (Wildman–Crippen LogP) is 0.990. The van der Waals surface area contributed by atoms with Crippen molar-refractivity contribution in [1.82, 2.24) is 20.0 Å². The molecule has 2 atom stereocenters. The number of rotatable bonds is 5. The lowest BCUT2D eigenvalue weighted by Crippen LogP contribution is -2.45. The van der Waals surface area contributed by atoms with Crippen LogP contribution in [0.5, 0.6) is 0 Å². The van der Waals surface area contributed by atoms with Crippen molar-refractivity contribution in [3.05, 3.63) is 17.0 Å². The van der Waals surface area contributed by atoms with E-state index in [-0.39, 0.29) is 12.1 Å². The normalized spacial score (nSPS) is 13.9. The Bertz CT molecular complexity index is 468. The Labute approximate surface area is 120 Å². The summed E-state index contributed by atoms with van der Waals surface area (Å²) in [5.74, 6) is 0. The summed E-state index contributed by atoms with van der Waals surface area (Å²) < 4.78 is 1.86. The minimum atomic E-state index is -0.524. The maximum Gasteiger partial charge on any atom is 0.317 e. The smallest absolute Gasteiger partial charge is 0.317 e. The average Bonchev–Trinajstić information content (AvgIpc) is 2.55. The lowest BCUT2D eigenvalue weighted by molar-refractivity contribution is 0.142. The number of aliphatic hydroxyl groups is 1. The summed E-state index contributed by atoms with van der Waals surface area (Å²) in [5.41, 5.74) is 3.31. The Morgan fingerprint density at radius 3 is 2.50 bits per heavy atom. The Morgan fingerprint density at radius 2 is 2.05 bits per heavy atom. The summed E-state index contributed by atoms with van der Waals surface area (Å²) in [6.07, 6.45) is 0.226. The maximum atomic E-state index is 11.9. The quantitative estimate of drug-likeness (QED) is 0.846. The molecule has 1 aromatic rings. The van der Waals surface area contributed by atoms with Crippen LogP contribution >= 0.6 is 0 Å². The number of hydrogen-bond acceptors (Lipinski definition) is 3. The first-order valence-corrected chi connectivity index (χ1v) is 6.91. The molecular weight excluding hydrogens is 256 g/mol. The predicted molar refractivity (Wildman–Crippen MR) is 78.7 cm³/mol. The van der Waals surface area contributed by atoms with Gasteiger partial charge in [0.1, 0.15) is 0 Å². The van der Waals surface area contributed by atoms with E-state index in [1.54, 1.807) is 14.0 Å². The third-order valence-electron chi connectivity index (χ3n) is 3.42. The van der Waals surface area contributed by atoms with Crippen molar-refractivity contribution in [3.8, 4) is 0 Å². The van der Waals surface area contributed by atoms with Crippen LogP contribution in [0.2, 0.25) is 0 Å². The minimum absolute atomic E-state index is 0.0144. The molecule has 1 heterocycles. The molecule has 2 unspecified atom stereocenters. The Hall–Kier alpha value is -1.56. The van der Waals surface area contributed by atoms with Gasteiger partial charge >= 0.3 is 6.03 Å². The number of carbonyl (C=O) groups excluding carboxylic acids is 1. The molecule has 2 N–H and O–H groups in total. The van der Waals surface area contributed by atoms with Crippen LogP contribution in [0.3, 0.4) is 0 Å². The van der Waals surface area contributed by atoms with Crippen LogP contribution in [0.1, 0.15) is 30.8 Å². The van der Waals surface area contributed by atoms with E-state index in [4.69, 9.17) is 0 Å². The largest absolute Gasteiger partial charge is 0.392 e. The van der Waals surface area contributed by atoms with Crippen LogP contribution < -0.4 is 5.32 Å². The molecule has 0 aliphatic heterocycles. The molecule has 0 saturated carbocycles. The first-order chi connectivity index (χ1) is 9.22. The van der Waals surface area contributed by atoms with Crippen molar-refractivity contribution in [2.75, 3.05) is 13.6 Å². The number of aryl methyl sites for hydroxylation is 2. The second kappa shape index (κ2) is 6.74. The fourth-order valence-electron chi connectivity index (χ4n) is 2.27. The molecule has 114 valence electrons. The van der Waals surface area contributed by atoms with Gasteiger partial charge in [0, 0.05) is 32.4 Å². The SMILES string of the molecule is Cc1nn(C)c(C)c1CC(C)NC(=O)N(C)CC(C)O. The van der Waals surface area contributed by atoms with E-state index < -0.39 is 6.10 Å². The summed E-state index contributed by atoms with van der Waals surface area (Å²) in [5, 5.41) is 16.6. The fraction of sp³-hybridized carbons (Fsp3) is 0.714. The molecule has 20 heavy (non-hydrogen) atoms. The number of nitrogens with zero attached hydrogens (tertiary/aromatic N) is 3. The lowest BCUT2D eigenvalue weighted by Gasteiger charge is -2.22. The standard InChI is InChI=1S/C14H26N4O2/c1-9(15-14(20)17(5)8-10(2)19)7-13-11(3)16-18(6)12(13)4/h9-10,19H,7-8H2,1-6H3,(H,15,20). The van der Waals surface area contributed by atoms with Gasteiger partial charge in [0.2, 0.25) is 0 Å². The van der Waals surface area contributed by atoms with Crippen LogP contribution in [-0.4, -0.2) is 51.6 Å². The summed E-state index contributed by atoms with van der Waals surface area (Å²) in [6.45, 7) is 7.97. The molecule has 0 fully saturated rings. The highest BCUT2D eigenvalue weighted by Gasteiger charge is 2.17. The van der Waals surface area contributed by atoms with Gasteiger partial charge in [0.25, 0.3) is 0 Å². The lowest BCUT2D eigenvalue weighted by atomic mass is 10.1. The zero-order valence-electron chi connectivity index (χ0n) is 13.3. The molecule has 6 nitrogen and oxygen atoms in total. The highest BCUT2D eigenvalue weighted by Crippen LogP contribution is 2.14. The zero-order valence-corrected chi connectivity index (χ0v) is 13.3. The zero-order chi connectivity index (χ0) is 15.4. The molecule has 0 aromatic carbocycles. The van der Waals surface area contributed by atoms with Gasteiger partial charge in [-0.2, -0.15) is 5.10 Å². The van der Waals surface area contributed by atoms with Gasteiger partial charge in [0.05, 0.1) is 11.8 Å². The molecule has 0 bridgehead atoms. The second-order valence-corrected chi connectivity index (χ2v) is 5.56. The van der Waals surface area contributed by atoms with Crippen molar-refractivity contribution in [2.45, 2.75) is 46.3 Å². The van der Waals surface area contributed by atoms with E-state index in [9.17, 15) is 9.90 Å². The van der Waals surface area contributed by atoms with Crippen molar-refractivity contribution in [1.29, 1.82) is 0 Å². The molecule has 0 spiro atoms. The molecular formula is C14H26N4O2. The van der Waals surface area contributed by atoms with Crippen molar-refractivity contribution >= 4 is 6.03 Å². The van der Waals surface area contributed by atoms with Crippen molar-refractivity contribution < 1.29 is 9.90 Å². The number of amides is 2. The summed E-state index contributed by atoms with van der Waals surface area (Å²) >= 11 is 0. The van der Waals surface area contributed by atoms with E-state index in [1.165, 1.54) is 10.5 Å². The van der Waals surface area contributed by atoms with E-state index in [1.807, 2.05) is 32.5 Å². The van der Waals surface area contributed by atoms with Gasteiger partial charge in [-0.3, -0.25) is 4.68 Å². The summed E-state index contributed by atoms with van der Waals surface area (Å²) in [7, 11) is 3.60. The second-order valence-electron chi connectivity index (χ2n) is 5.56. The maximum absolute atomic E-state index is 11.9. The van der Waals surface area contributed by atoms with Crippen LogP contribution in [0.15, 0.2) is 0 Å². The third-order valence-corrected chi connectivity index (χ3v) is 3.42. The topological polar surface area (TPSA) is 70.4 Å². The highest BCUT2D eigenvalue weighted by molar-refractivity contribution is 5.74. The molecule has 1 rings (SSSR count). The molecule has 6 heteroatoms. The molecule has 0 radical (unpaired) electrons. The van der Waals surface area contributed by atoms with Gasteiger partial charge in [0.15, 0.2) is 0 Å². The van der Waals surface area contributed by atoms with Gasteiger partial charge in [-0.15, -0.1) is 0 Å². The van der Waals surface area contributed by atoms with Gasteiger partial charge in [-0.05, 0) is 39.7 Å². The third kappa shape index (κ3) is 4.23. The van der Waals surface area contributed by atoms with E-state index >= 15 is 0 Å². The summed E-state index contributed by atoms with van der Waals surface area (Å²) in [4.78, 5) is 13.4. The van der Waals surface area contributed by atoms with Crippen LogP contribution in [0.4, 0.5) is 4.79 Å². The van der Waals surface area contributed by atoms with E-state index in [0.29, 0.717) is 6.54 Å². The summed E-state index contributed by atoms with van der Waals surface area (Å²) in [6, 6.07) is -0.154. The highest BCUT2D eigenvalue weighted by atomic mass is 16.3.